The highest BCUT2D eigenvalue weighted by atomic mass is 32.2. The lowest BCUT2D eigenvalue weighted by atomic mass is 10.4. The van der Waals surface area contributed by atoms with E-state index in [1.165, 1.54) is 6.26 Å². The fourth-order valence-corrected chi connectivity index (χ4v) is 2.44. The molecule has 72 valence electrons. The van der Waals surface area contributed by atoms with Crippen molar-refractivity contribution in [2.75, 3.05) is 6.26 Å². The van der Waals surface area contributed by atoms with Crippen molar-refractivity contribution in [1.29, 1.82) is 0 Å². The third kappa shape index (κ3) is 1.26. The van der Waals surface area contributed by atoms with Gasteiger partial charge in [0.05, 0.1) is 11.4 Å². The van der Waals surface area contributed by atoms with E-state index in [4.69, 9.17) is 0 Å². The van der Waals surface area contributed by atoms with Gasteiger partial charge in [-0.05, 0) is 0 Å². The lowest BCUT2D eigenvalue weighted by Gasteiger charge is -2.01. The first-order valence-corrected chi connectivity index (χ1v) is 5.84. The maximum absolute atomic E-state index is 11.3. The number of nitrogens with zero attached hydrogens (tertiary/aromatic N) is 2. The standard InChI is InChI=1S/C7H11N3O2S/c1-10-6-4-8-3-5(6)9-7(10)13(2,11)12/h8H,3-4H2,1-2H3. The summed E-state index contributed by atoms with van der Waals surface area (Å²) in [6.07, 6.45) is 1.18. The summed E-state index contributed by atoms with van der Waals surface area (Å²) in [4.78, 5) is 4.07. The Morgan fingerprint density at radius 1 is 1.46 bits per heavy atom. The van der Waals surface area contributed by atoms with E-state index in [2.05, 4.69) is 10.3 Å². The normalized spacial score (nSPS) is 16.2. The van der Waals surface area contributed by atoms with Crippen LogP contribution in [-0.2, 0) is 30.0 Å². The molecule has 0 radical (unpaired) electrons. The Bertz CT molecular complexity index is 447. The molecule has 0 amide bonds. The molecule has 2 heterocycles. The van der Waals surface area contributed by atoms with Crippen LogP contribution in [-0.4, -0.2) is 24.2 Å². The van der Waals surface area contributed by atoms with Gasteiger partial charge in [0, 0.05) is 26.4 Å². The molecule has 0 aliphatic carbocycles. The van der Waals surface area contributed by atoms with Crippen LogP contribution in [0.5, 0.6) is 0 Å². The molecule has 1 aromatic rings. The molecule has 2 rings (SSSR count). The molecular formula is C7H11N3O2S. The Morgan fingerprint density at radius 3 is 2.69 bits per heavy atom. The van der Waals surface area contributed by atoms with Crippen molar-refractivity contribution in [1.82, 2.24) is 14.9 Å². The first-order chi connectivity index (χ1) is 6.00. The SMILES string of the molecule is Cn1c(S(C)(=O)=O)nc2c1CNC2. The van der Waals surface area contributed by atoms with Crippen molar-refractivity contribution in [2.24, 2.45) is 7.05 Å². The van der Waals surface area contributed by atoms with Crippen LogP contribution in [0.15, 0.2) is 5.16 Å². The van der Waals surface area contributed by atoms with E-state index in [1.807, 2.05) is 0 Å². The van der Waals surface area contributed by atoms with E-state index in [0.717, 1.165) is 11.4 Å². The molecule has 1 aromatic heterocycles. The largest absolute Gasteiger partial charge is 0.321 e. The van der Waals surface area contributed by atoms with Crippen LogP contribution in [0.4, 0.5) is 0 Å². The fourth-order valence-electron chi connectivity index (χ4n) is 1.56. The van der Waals surface area contributed by atoms with Gasteiger partial charge < -0.3 is 9.88 Å². The van der Waals surface area contributed by atoms with Crippen molar-refractivity contribution in [3.8, 4) is 0 Å². The van der Waals surface area contributed by atoms with E-state index in [0.29, 0.717) is 13.1 Å². The summed E-state index contributed by atoms with van der Waals surface area (Å²) in [5.41, 5.74) is 1.82. The zero-order valence-electron chi connectivity index (χ0n) is 7.53. The minimum absolute atomic E-state index is 0.166. The Labute approximate surface area is 76.7 Å². The molecule has 0 fully saturated rings. The summed E-state index contributed by atoms with van der Waals surface area (Å²) in [7, 11) is -1.46. The number of rotatable bonds is 1. The zero-order valence-corrected chi connectivity index (χ0v) is 8.35. The maximum atomic E-state index is 11.3. The summed E-state index contributed by atoms with van der Waals surface area (Å²) in [5, 5.41) is 3.27. The third-order valence-electron chi connectivity index (χ3n) is 2.17. The lowest BCUT2D eigenvalue weighted by molar-refractivity contribution is 0.577. The van der Waals surface area contributed by atoms with Gasteiger partial charge in [-0.2, -0.15) is 0 Å². The molecular weight excluding hydrogens is 190 g/mol. The molecule has 1 N–H and O–H groups in total. The van der Waals surface area contributed by atoms with Crippen LogP contribution in [0, 0.1) is 0 Å². The number of hydrogen-bond acceptors (Lipinski definition) is 4. The second-order valence-electron chi connectivity index (χ2n) is 3.22. The highest BCUT2D eigenvalue weighted by molar-refractivity contribution is 7.90. The Morgan fingerprint density at radius 2 is 2.15 bits per heavy atom. The zero-order chi connectivity index (χ0) is 9.64. The first-order valence-electron chi connectivity index (χ1n) is 3.95. The molecule has 0 unspecified atom stereocenters. The Balaban J connectivity index is 2.64. The second-order valence-corrected chi connectivity index (χ2v) is 5.13. The van der Waals surface area contributed by atoms with E-state index in [9.17, 15) is 8.42 Å². The van der Waals surface area contributed by atoms with Gasteiger partial charge in [0.15, 0.2) is 0 Å². The molecule has 0 atom stereocenters. The number of sulfone groups is 1. The van der Waals surface area contributed by atoms with E-state index >= 15 is 0 Å². The summed E-state index contributed by atoms with van der Waals surface area (Å²) < 4.78 is 24.2. The Kier molecular flexibility index (Phi) is 1.71. The smallest absolute Gasteiger partial charge is 0.227 e. The minimum Gasteiger partial charge on any atom is -0.321 e. The lowest BCUT2D eigenvalue weighted by Crippen LogP contribution is -2.11. The van der Waals surface area contributed by atoms with Crippen molar-refractivity contribution < 1.29 is 8.42 Å². The molecule has 0 saturated heterocycles. The third-order valence-corrected chi connectivity index (χ3v) is 3.20. The van der Waals surface area contributed by atoms with E-state index in [-0.39, 0.29) is 5.16 Å². The van der Waals surface area contributed by atoms with Gasteiger partial charge in [-0.1, -0.05) is 0 Å². The fraction of sp³-hybridized carbons (Fsp3) is 0.571. The maximum Gasteiger partial charge on any atom is 0.227 e. The molecule has 1 aliphatic heterocycles. The van der Waals surface area contributed by atoms with Crippen LogP contribution in [0.3, 0.4) is 0 Å². The minimum atomic E-state index is -3.19. The predicted octanol–water partition coefficient (Wildman–Crippen LogP) is -0.573. The first kappa shape index (κ1) is 8.71. The molecule has 6 heteroatoms. The molecule has 0 aromatic carbocycles. The topological polar surface area (TPSA) is 64.0 Å². The summed E-state index contributed by atoms with van der Waals surface area (Å²) >= 11 is 0. The van der Waals surface area contributed by atoms with Gasteiger partial charge in [-0.25, -0.2) is 13.4 Å². The van der Waals surface area contributed by atoms with Gasteiger partial charge in [-0.3, -0.25) is 0 Å². The van der Waals surface area contributed by atoms with Gasteiger partial charge in [0.1, 0.15) is 0 Å². The van der Waals surface area contributed by atoms with Gasteiger partial charge in [-0.15, -0.1) is 0 Å². The average Bonchev–Trinajstić information content (AvgIpc) is 2.51. The van der Waals surface area contributed by atoms with Crippen LogP contribution >= 0.6 is 0 Å². The highest BCUT2D eigenvalue weighted by Gasteiger charge is 2.23. The monoisotopic (exact) mass is 201 g/mol. The molecule has 13 heavy (non-hydrogen) atoms. The number of aromatic nitrogens is 2. The van der Waals surface area contributed by atoms with Gasteiger partial charge in [0.2, 0.25) is 15.0 Å². The second kappa shape index (κ2) is 2.55. The van der Waals surface area contributed by atoms with E-state index < -0.39 is 9.84 Å². The van der Waals surface area contributed by atoms with Crippen molar-refractivity contribution >= 4 is 9.84 Å². The van der Waals surface area contributed by atoms with E-state index in [1.54, 1.807) is 11.6 Å². The number of hydrogen-bond donors (Lipinski definition) is 1. The number of imidazole rings is 1. The number of fused-ring (bicyclic) bond motifs is 1. The summed E-state index contributed by atoms with van der Waals surface area (Å²) in [5.74, 6) is 0. The van der Waals surface area contributed by atoms with Gasteiger partial charge in [0.25, 0.3) is 0 Å². The van der Waals surface area contributed by atoms with Crippen molar-refractivity contribution in [3.63, 3.8) is 0 Å². The Hall–Kier alpha value is -0.880. The molecule has 0 saturated carbocycles. The summed E-state index contributed by atoms with van der Waals surface area (Å²) in [6.45, 7) is 1.37. The molecule has 1 aliphatic rings. The quantitative estimate of drug-likeness (QED) is 0.660. The van der Waals surface area contributed by atoms with Crippen LogP contribution in [0.1, 0.15) is 11.4 Å². The highest BCUT2D eigenvalue weighted by Crippen LogP contribution is 2.18. The molecule has 5 nitrogen and oxygen atoms in total. The number of nitrogens with one attached hydrogen (secondary N) is 1. The van der Waals surface area contributed by atoms with Crippen molar-refractivity contribution in [3.05, 3.63) is 11.4 Å². The molecule has 0 spiro atoms. The predicted molar refractivity (Wildman–Crippen MR) is 46.9 cm³/mol. The van der Waals surface area contributed by atoms with Crippen LogP contribution in [0.25, 0.3) is 0 Å². The van der Waals surface area contributed by atoms with Crippen LogP contribution in [0.2, 0.25) is 0 Å². The molecule has 0 bridgehead atoms. The average molecular weight is 201 g/mol. The summed E-state index contributed by atoms with van der Waals surface area (Å²) in [6, 6.07) is 0. The van der Waals surface area contributed by atoms with Crippen molar-refractivity contribution in [2.45, 2.75) is 18.2 Å². The van der Waals surface area contributed by atoms with Crippen LogP contribution < -0.4 is 5.32 Å². The van der Waals surface area contributed by atoms with Gasteiger partial charge >= 0.3 is 0 Å².